The Morgan fingerprint density at radius 2 is 1.83 bits per heavy atom. The molecule has 0 unspecified atom stereocenters. The van der Waals surface area contributed by atoms with Crippen molar-refractivity contribution in [1.82, 2.24) is 9.80 Å². The number of nitrogens with zero attached hydrogens (tertiary/aromatic N) is 2. The zero-order valence-corrected chi connectivity index (χ0v) is 14.2. The summed E-state index contributed by atoms with van der Waals surface area (Å²) in [4.78, 5) is 28.9. The summed E-state index contributed by atoms with van der Waals surface area (Å²) < 4.78 is 5.79. The minimum atomic E-state index is -0.159. The third kappa shape index (κ3) is 3.14. The van der Waals surface area contributed by atoms with Gasteiger partial charge in [0.15, 0.2) is 0 Å². The molecule has 1 aromatic heterocycles. The lowest BCUT2D eigenvalue weighted by Gasteiger charge is -2.33. The topological polar surface area (TPSA) is 65.8 Å². The standard InChI is InChI=1S/C18H23N3O3/c1-3-15(22)19-16-13-7-5-6-8-14(13)24-17(16)18(23)21-11-9-20(4-2)10-12-21/h5-8H,3-4,9-12H2,1-2H3,(H,19,22). The van der Waals surface area contributed by atoms with Crippen molar-refractivity contribution in [2.45, 2.75) is 20.3 Å². The molecule has 1 fully saturated rings. The summed E-state index contributed by atoms with van der Waals surface area (Å²) in [6.07, 6.45) is 0.350. The molecule has 2 aromatic rings. The fourth-order valence-corrected chi connectivity index (χ4v) is 2.96. The van der Waals surface area contributed by atoms with Gasteiger partial charge in [0.2, 0.25) is 11.7 Å². The van der Waals surface area contributed by atoms with Crippen LogP contribution in [-0.4, -0.2) is 54.3 Å². The van der Waals surface area contributed by atoms with Gasteiger partial charge < -0.3 is 19.5 Å². The van der Waals surface area contributed by atoms with Crippen molar-refractivity contribution in [3.63, 3.8) is 0 Å². The summed E-state index contributed by atoms with van der Waals surface area (Å²) in [5.74, 6) is -0.0669. The molecule has 1 aliphatic rings. The van der Waals surface area contributed by atoms with Gasteiger partial charge in [-0.3, -0.25) is 9.59 Å². The molecule has 0 saturated carbocycles. The van der Waals surface area contributed by atoms with Crippen LogP contribution in [0.5, 0.6) is 0 Å². The summed E-state index contributed by atoms with van der Waals surface area (Å²) >= 11 is 0. The third-order valence-corrected chi connectivity index (χ3v) is 4.48. The zero-order valence-electron chi connectivity index (χ0n) is 14.2. The van der Waals surface area contributed by atoms with Gasteiger partial charge in [-0.2, -0.15) is 0 Å². The van der Waals surface area contributed by atoms with Crippen molar-refractivity contribution in [3.8, 4) is 0 Å². The van der Waals surface area contributed by atoms with E-state index in [0.717, 1.165) is 25.0 Å². The Morgan fingerprint density at radius 1 is 1.12 bits per heavy atom. The van der Waals surface area contributed by atoms with Gasteiger partial charge in [0.1, 0.15) is 11.3 Å². The molecule has 6 heteroatoms. The molecular weight excluding hydrogens is 306 g/mol. The molecule has 2 amide bonds. The van der Waals surface area contributed by atoms with Gasteiger partial charge in [0.05, 0.1) is 0 Å². The summed E-state index contributed by atoms with van der Waals surface area (Å²) in [6, 6.07) is 7.39. The summed E-state index contributed by atoms with van der Waals surface area (Å²) in [7, 11) is 0. The first-order valence-electron chi connectivity index (χ1n) is 8.47. The highest BCUT2D eigenvalue weighted by molar-refractivity contribution is 6.10. The van der Waals surface area contributed by atoms with Crippen molar-refractivity contribution in [2.24, 2.45) is 0 Å². The first-order valence-corrected chi connectivity index (χ1v) is 8.47. The van der Waals surface area contributed by atoms with Crippen LogP contribution >= 0.6 is 0 Å². The van der Waals surface area contributed by atoms with Gasteiger partial charge in [-0.1, -0.05) is 26.0 Å². The van der Waals surface area contributed by atoms with E-state index < -0.39 is 0 Å². The molecule has 3 rings (SSSR count). The number of carbonyl (C=O) groups excluding carboxylic acids is 2. The number of rotatable bonds is 4. The lowest BCUT2D eigenvalue weighted by molar-refractivity contribution is -0.115. The van der Waals surface area contributed by atoms with Gasteiger partial charge in [0.25, 0.3) is 5.91 Å². The fraction of sp³-hybridized carbons (Fsp3) is 0.444. The monoisotopic (exact) mass is 329 g/mol. The third-order valence-electron chi connectivity index (χ3n) is 4.48. The van der Waals surface area contributed by atoms with Crippen LogP contribution in [0.25, 0.3) is 11.0 Å². The maximum Gasteiger partial charge on any atom is 0.291 e. The highest BCUT2D eigenvalue weighted by Gasteiger charge is 2.28. The number of amides is 2. The van der Waals surface area contributed by atoms with Crippen molar-refractivity contribution in [2.75, 3.05) is 38.0 Å². The Kier molecular flexibility index (Phi) is 4.85. The van der Waals surface area contributed by atoms with Crippen LogP contribution in [0.3, 0.4) is 0 Å². The number of carbonyl (C=O) groups is 2. The number of piperazine rings is 1. The Balaban J connectivity index is 1.91. The van der Waals surface area contributed by atoms with E-state index in [0.29, 0.717) is 30.8 Å². The average Bonchev–Trinajstić information content (AvgIpc) is 2.99. The number of nitrogens with one attached hydrogen (secondary N) is 1. The van der Waals surface area contributed by atoms with Crippen LogP contribution < -0.4 is 5.32 Å². The zero-order chi connectivity index (χ0) is 17.1. The molecular formula is C18H23N3O3. The van der Waals surface area contributed by atoms with Crippen LogP contribution in [0.15, 0.2) is 28.7 Å². The Morgan fingerprint density at radius 3 is 2.50 bits per heavy atom. The maximum atomic E-state index is 12.9. The van der Waals surface area contributed by atoms with E-state index in [9.17, 15) is 9.59 Å². The average molecular weight is 329 g/mol. The molecule has 128 valence electrons. The van der Waals surface area contributed by atoms with Crippen LogP contribution in [0.2, 0.25) is 0 Å². The number of furan rings is 1. The quantitative estimate of drug-likeness (QED) is 0.936. The summed E-state index contributed by atoms with van der Waals surface area (Å²) in [5, 5.41) is 3.59. The molecule has 24 heavy (non-hydrogen) atoms. The molecule has 0 atom stereocenters. The summed E-state index contributed by atoms with van der Waals surface area (Å²) in [5.41, 5.74) is 1.10. The van der Waals surface area contributed by atoms with Crippen molar-refractivity contribution < 1.29 is 14.0 Å². The highest BCUT2D eigenvalue weighted by atomic mass is 16.3. The molecule has 0 bridgehead atoms. The number of anilines is 1. The number of para-hydroxylation sites is 1. The van der Waals surface area contributed by atoms with E-state index in [4.69, 9.17) is 4.42 Å². The maximum absolute atomic E-state index is 12.9. The molecule has 0 spiro atoms. The minimum Gasteiger partial charge on any atom is -0.449 e. The van der Waals surface area contributed by atoms with Gasteiger partial charge in [-0.25, -0.2) is 0 Å². The molecule has 2 heterocycles. The molecule has 1 saturated heterocycles. The Bertz CT molecular complexity index is 745. The van der Waals surface area contributed by atoms with E-state index >= 15 is 0 Å². The lowest BCUT2D eigenvalue weighted by Crippen LogP contribution is -2.48. The second-order valence-corrected chi connectivity index (χ2v) is 5.93. The number of fused-ring (bicyclic) bond motifs is 1. The molecule has 6 nitrogen and oxygen atoms in total. The molecule has 1 aliphatic heterocycles. The van der Waals surface area contributed by atoms with E-state index in [-0.39, 0.29) is 17.6 Å². The van der Waals surface area contributed by atoms with Crippen molar-refractivity contribution in [1.29, 1.82) is 0 Å². The van der Waals surface area contributed by atoms with E-state index in [1.54, 1.807) is 11.8 Å². The normalized spacial score (nSPS) is 15.7. The SMILES string of the molecule is CCC(=O)Nc1c(C(=O)N2CCN(CC)CC2)oc2ccccc12. The van der Waals surface area contributed by atoms with Gasteiger partial charge in [-0.15, -0.1) is 0 Å². The molecule has 1 aromatic carbocycles. The number of hydrogen-bond donors (Lipinski definition) is 1. The lowest BCUT2D eigenvalue weighted by atomic mass is 10.2. The second kappa shape index (κ2) is 7.05. The number of likely N-dealkylation sites (N-methyl/N-ethyl adjacent to an activating group) is 1. The largest absolute Gasteiger partial charge is 0.449 e. The van der Waals surface area contributed by atoms with E-state index in [2.05, 4.69) is 17.1 Å². The van der Waals surface area contributed by atoms with Gasteiger partial charge in [-0.05, 0) is 18.7 Å². The molecule has 1 N–H and O–H groups in total. The molecule has 0 aliphatic carbocycles. The van der Waals surface area contributed by atoms with Gasteiger partial charge in [0, 0.05) is 38.0 Å². The molecule has 0 radical (unpaired) electrons. The predicted octanol–water partition coefficient (Wildman–Crippen LogP) is 2.56. The Labute approximate surface area is 141 Å². The first kappa shape index (κ1) is 16.5. The smallest absolute Gasteiger partial charge is 0.291 e. The van der Waals surface area contributed by atoms with E-state index in [1.165, 1.54) is 0 Å². The minimum absolute atomic E-state index is 0.133. The van der Waals surface area contributed by atoms with Crippen LogP contribution in [0, 0.1) is 0 Å². The number of benzene rings is 1. The van der Waals surface area contributed by atoms with Crippen LogP contribution in [-0.2, 0) is 4.79 Å². The summed E-state index contributed by atoms with van der Waals surface area (Å²) in [6.45, 7) is 7.96. The predicted molar refractivity (Wildman–Crippen MR) is 93.2 cm³/mol. The van der Waals surface area contributed by atoms with Crippen LogP contribution in [0.1, 0.15) is 30.8 Å². The van der Waals surface area contributed by atoms with Crippen molar-refractivity contribution >= 4 is 28.5 Å². The van der Waals surface area contributed by atoms with Gasteiger partial charge >= 0.3 is 0 Å². The van der Waals surface area contributed by atoms with Crippen LogP contribution in [0.4, 0.5) is 5.69 Å². The second-order valence-electron chi connectivity index (χ2n) is 5.93. The highest BCUT2D eigenvalue weighted by Crippen LogP contribution is 2.32. The number of hydrogen-bond acceptors (Lipinski definition) is 4. The van der Waals surface area contributed by atoms with E-state index in [1.807, 2.05) is 24.3 Å². The van der Waals surface area contributed by atoms with Crippen molar-refractivity contribution in [3.05, 3.63) is 30.0 Å². The first-order chi connectivity index (χ1) is 11.6. The Hall–Kier alpha value is -2.34. The fourth-order valence-electron chi connectivity index (χ4n) is 2.96.